The van der Waals surface area contributed by atoms with Gasteiger partial charge in [0.05, 0.1) is 19.8 Å². The van der Waals surface area contributed by atoms with Gasteiger partial charge in [0.25, 0.3) is 0 Å². The molecular formula is C25H32N2O4. The van der Waals surface area contributed by atoms with Crippen LogP contribution in [0.2, 0.25) is 0 Å². The molecule has 166 valence electrons. The molecule has 1 saturated heterocycles. The third-order valence-corrected chi connectivity index (χ3v) is 5.65. The van der Waals surface area contributed by atoms with Crippen LogP contribution in [0.3, 0.4) is 0 Å². The van der Waals surface area contributed by atoms with Crippen molar-refractivity contribution in [2.75, 3.05) is 33.4 Å². The Morgan fingerprint density at radius 2 is 1.65 bits per heavy atom. The largest absolute Gasteiger partial charge is 0.497 e. The molecule has 1 aliphatic heterocycles. The number of hydrogen-bond acceptors (Lipinski definition) is 5. The summed E-state index contributed by atoms with van der Waals surface area (Å²) in [6.45, 7) is 4.71. The maximum atomic E-state index is 12.4. The molecule has 0 unspecified atom stereocenters. The summed E-state index contributed by atoms with van der Waals surface area (Å²) in [5, 5.41) is 3.10. The molecule has 2 aromatic rings. The van der Waals surface area contributed by atoms with Gasteiger partial charge in [0.2, 0.25) is 5.91 Å². The number of benzene rings is 2. The molecule has 0 spiro atoms. The van der Waals surface area contributed by atoms with Crippen molar-refractivity contribution in [3.05, 3.63) is 59.7 Å². The van der Waals surface area contributed by atoms with E-state index in [1.807, 2.05) is 12.1 Å². The number of rotatable bonds is 11. The van der Waals surface area contributed by atoms with Crippen molar-refractivity contribution in [3.63, 3.8) is 0 Å². The highest BCUT2D eigenvalue weighted by Gasteiger charge is 2.24. The second kappa shape index (κ2) is 11.5. The Morgan fingerprint density at radius 1 is 1.00 bits per heavy atom. The van der Waals surface area contributed by atoms with Crippen LogP contribution in [0.15, 0.2) is 48.5 Å². The van der Waals surface area contributed by atoms with Crippen LogP contribution in [-0.4, -0.2) is 49.9 Å². The van der Waals surface area contributed by atoms with E-state index < -0.39 is 0 Å². The van der Waals surface area contributed by atoms with Crippen LogP contribution in [-0.2, 0) is 4.79 Å². The molecule has 1 amide bonds. The van der Waals surface area contributed by atoms with E-state index in [-0.39, 0.29) is 17.7 Å². The molecule has 6 nitrogen and oxygen atoms in total. The number of ketones is 1. The van der Waals surface area contributed by atoms with E-state index in [0.29, 0.717) is 37.3 Å². The average molecular weight is 425 g/mol. The first-order chi connectivity index (χ1) is 15.1. The van der Waals surface area contributed by atoms with E-state index in [2.05, 4.69) is 22.3 Å². The van der Waals surface area contributed by atoms with Gasteiger partial charge in [0.15, 0.2) is 5.78 Å². The summed E-state index contributed by atoms with van der Waals surface area (Å²) >= 11 is 0. The molecule has 1 heterocycles. The summed E-state index contributed by atoms with van der Waals surface area (Å²) in [5.74, 6) is 1.61. The van der Waals surface area contributed by atoms with Gasteiger partial charge in [-0.25, -0.2) is 0 Å². The van der Waals surface area contributed by atoms with Crippen LogP contribution in [0.1, 0.15) is 54.6 Å². The number of carbonyl (C=O) groups excluding carboxylic acids is 2. The van der Waals surface area contributed by atoms with Gasteiger partial charge in [-0.1, -0.05) is 12.1 Å². The van der Waals surface area contributed by atoms with Crippen molar-refractivity contribution < 1.29 is 19.1 Å². The highest BCUT2D eigenvalue weighted by molar-refractivity contribution is 5.94. The molecule has 0 bridgehead atoms. The molecule has 2 aromatic carbocycles. The van der Waals surface area contributed by atoms with Crippen LogP contribution < -0.4 is 14.8 Å². The Hall–Kier alpha value is -2.86. The minimum Gasteiger partial charge on any atom is -0.497 e. The highest BCUT2D eigenvalue weighted by atomic mass is 16.5. The van der Waals surface area contributed by atoms with Gasteiger partial charge in [-0.2, -0.15) is 0 Å². The number of hydrogen-bond donors (Lipinski definition) is 1. The van der Waals surface area contributed by atoms with Crippen LogP contribution >= 0.6 is 0 Å². The van der Waals surface area contributed by atoms with Crippen LogP contribution in [0.4, 0.5) is 0 Å². The van der Waals surface area contributed by atoms with Gasteiger partial charge in [0.1, 0.15) is 11.5 Å². The Morgan fingerprint density at radius 3 is 2.26 bits per heavy atom. The average Bonchev–Trinajstić information content (AvgIpc) is 3.32. The Balaban J connectivity index is 1.44. The first-order valence-corrected chi connectivity index (χ1v) is 11.0. The zero-order valence-electron chi connectivity index (χ0n) is 18.4. The van der Waals surface area contributed by atoms with Crippen molar-refractivity contribution in [2.24, 2.45) is 0 Å². The Labute approximate surface area is 184 Å². The summed E-state index contributed by atoms with van der Waals surface area (Å²) in [7, 11) is 1.66. The lowest BCUT2D eigenvalue weighted by Crippen LogP contribution is -2.36. The topological polar surface area (TPSA) is 67.9 Å². The second-order valence-electron chi connectivity index (χ2n) is 7.87. The van der Waals surface area contributed by atoms with Gasteiger partial charge >= 0.3 is 0 Å². The predicted octanol–water partition coefficient (Wildman–Crippen LogP) is 4.01. The Bertz CT molecular complexity index is 843. The summed E-state index contributed by atoms with van der Waals surface area (Å²) in [6.07, 6.45) is 3.45. The molecule has 6 heteroatoms. The maximum absolute atomic E-state index is 12.4. The number of carbonyl (C=O) groups is 2. The molecule has 1 aliphatic rings. The van der Waals surface area contributed by atoms with E-state index in [4.69, 9.17) is 9.47 Å². The SMILES string of the molecule is COc1ccc([C@H](CNC(=O)CCCOc2ccc(C(C)=O)cc2)N2CCCC2)cc1. The Kier molecular flexibility index (Phi) is 8.47. The fourth-order valence-corrected chi connectivity index (χ4v) is 3.84. The van der Waals surface area contributed by atoms with E-state index in [1.54, 1.807) is 31.4 Å². The molecule has 0 aliphatic carbocycles. The van der Waals surface area contributed by atoms with Crippen molar-refractivity contribution >= 4 is 11.7 Å². The molecule has 0 saturated carbocycles. The van der Waals surface area contributed by atoms with Crippen molar-refractivity contribution in [3.8, 4) is 11.5 Å². The number of ether oxygens (including phenoxy) is 2. The number of likely N-dealkylation sites (tertiary alicyclic amines) is 1. The van der Waals surface area contributed by atoms with Crippen LogP contribution in [0.25, 0.3) is 0 Å². The first kappa shape index (κ1) is 22.8. The van der Waals surface area contributed by atoms with E-state index >= 15 is 0 Å². The lowest BCUT2D eigenvalue weighted by molar-refractivity contribution is -0.121. The van der Waals surface area contributed by atoms with Gasteiger partial charge in [0, 0.05) is 18.5 Å². The number of nitrogens with one attached hydrogen (secondary N) is 1. The molecule has 1 fully saturated rings. The van der Waals surface area contributed by atoms with Crippen LogP contribution in [0, 0.1) is 0 Å². The van der Waals surface area contributed by atoms with Gasteiger partial charge in [-0.3, -0.25) is 14.5 Å². The third kappa shape index (κ3) is 6.82. The predicted molar refractivity (Wildman–Crippen MR) is 121 cm³/mol. The lowest BCUT2D eigenvalue weighted by atomic mass is 10.1. The summed E-state index contributed by atoms with van der Waals surface area (Å²) in [5.41, 5.74) is 1.86. The summed E-state index contributed by atoms with van der Waals surface area (Å²) < 4.78 is 10.9. The highest BCUT2D eigenvalue weighted by Crippen LogP contribution is 2.26. The van der Waals surface area contributed by atoms with Crippen LogP contribution in [0.5, 0.6) is 11.5 Å². The molecule has 1 N–H and O–H groups in total. The summed E-state index contributed by atoms with van der Waals surface area (Å²) in [4.78, 5) is 26.1. The molecule has 1 atom stereocenters. The van der Waals surface area contributed by atoms with Gasteiger partial charge in [-0.15, -0.1) is 0 Å². The van der Waals surface area contributed by atoms with Crippen molar-refractivity contribution in [1.29, 1.82) is 0 Å². The monoisotopic (exact) mass is 424 g/mol. The normalized spacial score (nSPS) is 14.8. The minimum absolute atomic E-state index is 0.0325. The fraction of sp³-hybridized carbons (Fsp3) is 0.440. The number of amides is 1. The third-order valence-electron chi connectivity index (χ3n) is 5.65. The molecule has 31 heavy (non-hydrogen) atoms. The second-order valence-corrected chi connectivity index (χ2v) is 7.87. The van der Waals surface area contributed by atoms with E-state index in [9.17, 15) is 9.59 Å². The van der Waals surface area contributed by atoms with Gasteiger partial charge < -0.3 is 14.8 Å². The molecule has 0 radical (unpaired) electrons. The van der Waals surface area contributed by atoms with Crippen molar-refractivity contribution in [1.82, 2.24) is 10.2 Å². The molecule has 3 rings (SSSR count). The van der Waals surface area contributed by atoms with Gasteiger partial charge in [-0.05, 0) is 81.2 Å². The molecular weight excluding hydrogens is 392 g/mol. The van der Waals surface area contributed by atoms with E-state index in [0.717, 1.165) is 18.8 Å². The zero-order valence-corrected chi connectivity index (χ0v) is 18.4. The first-order valence-electron chi connectivity index (χ1n) is 11.0. The lowest BCUT2D eigenvalue weighted by Gasteiger charge is -2.28. The smallest absolute Gasteiger partial charge is 0.220 e. The minimum atomic E-state index is 0.0325. The number of nitrogens with zero attached hydrogens (tertiary/aromatic N) is 1. The quantitative estimate of drug-likeness (QED) is 0.436. The standard InChI is InChI=1S/C25H32N2O4/c1-19(28)20-7-13-23(14-8-20)31-17-5-6-25(29)26-18-24(27-15-3-4-16-27)21-9-11-22(30-2)12-10-21/h7-14,24H,3-6,15-18H2,1-2H3,(H,26,29)/t24-/m0/s1. The summed E-state index contributed by atoms with van der Waals surface area (Å²) in [6, 6.07) is 15.4. The number of methoxy groups -OCH3 is 1. The zero-order chi connectivity index (χ0) is 22.1. The van der Waals surface area contributed by atoms with Crippen molar-refractivity contribution in [2.45, 2.75) is 38.6 Å². The van der Waals surface area contributed by atoms with E-state index in [1.165, 1.54) is 25.3 Å². The molecule has 0 aromatic heterocycles. The maximum Gasteiger partial charge on any atom is 0.220 e. The number of Topliss-reactive ketones (excluding diaryl/α,β-unsaturated/α-hetero) is 1. The fourth-order valence-electron chi connectivity index (χ4n) is 3.84.